The van der Waals surface area contributed by atoms with Gasteiger partial charge in [0.25, 0.3) is 0 Å². The molecule has 1 aromatic carbocycles. The van der Waals surface area contributed by atoms with Gasteiger partial charge in [0.1, 0.15) is 19.0 Å². The SMILES string of the molecule is FC(F)(F)c1cn2c(n1)CC[C@@H](CNCc1ccc3c(c1)OCCO3)C2. The molecule has 0 unspecified atom stereocenters. The van der Waals surface area contributed by atoms with Gasteiger partial charge >= 0.3 is 6.18 Å². The molecular formula is C18H20F3N3O2. The number of rotatable bonds is 4. The molecule has 1 aromatic heterocycles. The van der Waals surface area contributed by atoms with Crippen LogP contribution in [0.3, 0.4) is 0 Å². The summed E-state index contributed by atoms with van der Waals surface area (Å²) in [5.74, 6) is 2.34. The van der Waals surface area contributed by atoms with Crippen LogP contribution < -0.4 is 14.8 Å². The number of nitrogens with zero attached hydrogens (tertiary/aromatic N) is 2. The molecule has 0 spiro atoms. The van der Waals surface area contributed by atoms with E-state index < -0.39 is 11.9 Å². The largest absolute Gasteiger partial charge is 0.486 e. The number of imidazole rings is 1. The Kier molecular flexibility index (Phi) is 4.52. The molecule has 0 bridgehead atoms. The number of hydrogen-bond acceptors (Lipinski definition) is 4. The summed E-state index contributed by atoms with van der Waals surface area (Å²) >= 11 is 0. The van der Waals surface area contributed by atoms with Crippen LogP contribution in [0.25, 0.3) is 0 Å². The van der Waals surface area contributed by atoms with Gasteiger partial charge in [0.05, 0.1) is 0 Å². The first-order valence-corrected chi connectivity index (χ1v) is 8.71. The quantitative estimate of drug-likeness (QED) is 0.903. The zero-order chi connectivity index (χ0) is 18.1. The van der Waals surface area contributed by atoms with Gasteiger partial charge in [-0.05, 0) is 36.6 Å². The normalized spacial score (nSPS) is 19.3. The Bertz CT molecular complexity index is 788. The average Bonchev–Trinajstić information content (AvgIpc) is 3.05. The number of nitrogens with one attached hydrogen (secondary N) is 1. The van der Waals surface area contributed by atoms with Crippen LogP contribution in [0, 0.1) is 5.92 Å². The lowest BCUT2D eigenvalue weighted by molar-refractivity contribution is -0.141. The van der Waals surface area contributed by atoms with Crippen molar-refractivity contribution in [3.05, 3.63) is 41.5 Å². The smallest absolute Gasteiger partial charge is 0.434 e. The number of alkyl halides is 3. The summed E-state index contributed by atoms with van der Waals surface area (Å²) in [4.78, 5) is 3.72. The molecule has 0 saturated heterocycles. The fourth-order valence-electron chi connectivity index (χ4n) is 3.44. The van der Waals surface area contributed by atoms with E-state index in [-0.39, 0.29) is 5.92 Å². The van der Waals surface area contributed by atoms with Gasteiger partial charge in [-0.15, -0.1) is 0 Å². The number of aromatic nitrogens is 2. The number of benzene rings is 1. The first-order chi connectivity index (χ1) is 12.5. The van der Waals surface area contributed by atoms with Gasteiger partial charge in [-0.2, -0.15) is 13.2 Å². The van der Waals surface area contributed by atoms with Crippen molar-refractivity contribution < 1.29 is 22.6 Å². The van der Waals surface area contributed by atoms with Gasteiger partial charge in [0, 0.05) is 25.7 Å². The molecule has 3 heterocycles. The van der Waals surface area contributed by atoms with Crippen molar-refractivity contribution in [2.75, 3.05) is 19.8 Å². The number of aryl methyl sites for hydroxylation is 1. The molecule has 0 aliphatic carbocycles. The third-order valence-corrected chi connectivity index (χ3v) is 4.75. The summed E-state index contributed by atoms with van der Waals surface area (Å²) in [6.07, 6.45) is -1.84. The van der Waals surface area contributed by atoms with Crippen LogP contribution in [0.15, 0.2) is 24.4 Å². The standard InChI is InChI=1S/C18H20F3N3O2/c19-18(20,21)16-11-24-10-13(2-4-17(24)23-16)9-22-8-12-1-3-14-15(7-12)26-6-5-25-14/h1,3,7,11,13,22H,2,4-6,8-10H2/t13-/m0/s1. The van der Waals surface area contributed by atoms with Crippen LogP contribution in [0.2, 0.25) is 0 Å². The molecule has 4 rings (SSSR count). The Labute approximate surface area is 149 Å². The predicted molar refractivity (Wildman–Crippen MR) is 88.2 cm³/mol. The van der Waals surface area contributed by atoms with Crippen molar-refractivity contribution in [3.63, 3.8) is 0 Å². The van der Waals surface area contributed by atoms with Crippen LogP contribution >= 0.6 is 0 Å². The molecule has 0 radical (unpaired) electrons. The summed E-state index contributed by atoms with van der Waals surface area (Å²) in [7, 11) is 0. The van der Waals surface area contributed by atoms with Crippen LogP contribution in [0.4, 0.5) is 13.2 Å². The second kappa shape index (κ2) is 6.83. The lowest BCUT2D eigenvalue weighted by Gasteiger charge is -2.24. The first-order valence-electron chi connectivity index (χ1n) is 8.71. The van der Waals surface area contributed by atoms with E-state index >= 15 is 0 Å². The first kappa shape index (κ1) is 17.2. The minimum absolute atomic E-state index is 0.287. The highest BCUT2D eigenvalue weighted by Crippen LogP contribution is 2.31. The summed E-state index contributed by atoms with van der Waals surface area (Å²) in [5.41, 5.74) is 0.296. The lowest BCUT2D eigenvalue weighted by Crippen LogP contribution is -2.29. The maximum atomic E-state index is 12.8. The van der Waals surface area contributed by atoms with E-state index in [1.54, 1.807) is 4.57 Å². The summed E-state index contributed by atoms with van der Waals surface area (Å²) < 4.78 is 51.0. The molecule has 0 fully saturated rings. The second-order valence-corrected chi connectivity index (χ2v) is 6.71. The Morgan fingerprint density at radius 1 is 1.19 bits per heavy atom. The van der Waals surface area contributed by atoms with E-state index in [9.17, 15) is 13.2 Å². The van der Waals surface area contributed by atoms with E-state index in [0.29, 0.717) is 38.5 Å². The second-order valence-electron chi connectivity index (χ2n) is 6.71. The van der Waals surface area contributed by atoms with Gasteiger partial charge in [0.15, 0.2) is 17.2 Å². The maximum absolute atomic E-state index is 12.8. The van der Waals surface area contributed by atoms with E-state index in [1.165, 1.54) is 0 Å². The van der Waals surface area contributed by atoms with Crippen LogP contribution in [0.1, 0.15) is 23.5 Å². The molecule has 5 nitrogen and oxygen atoms in total. The number of fused-ring (bicyclic) bond motifs is 2. The monoisotopic (exact) mass is 367 g/mol. The zero-order valence-electron chi connectivity index (χ0n) is 14.2. The minimum Gasteiger partial charge on any atom is -0.486 e. The van der Waals surface area contributed by atoms with Crippen molar-refractivity contribution in [1.29, 1.82) is 0 Å². The molecule has 0 saturated carbocycles. The van der Waals surface area contributed by atoms with Crippen LogP contribution in [-0.2, 0) is 25.7 Å². The third-order valence-electron chi connectivity index (χ3n) is 4.75. The highest BCUT2D eigenvalue weighted by atomic mass is 19.4. The number of hydrogen-bond donors (Lipinski definition) is 1. The lowest BCUT2D eigenvalue weighted by atomic mass is 9.99. The molecule has 1 atom stereocenters. The van der Waals surface area contributed by atoms with Gasteiger partial charge in [0.2, 0.25) is 0 Å². The van der Waals surface area contributed by atoms with Crippen LogP contribution in [-0.4, -0.2) is 29.3 Å². The summed E-state index contributed by atoms with van der Waals surface area (Å²) in [6, 6.07) is 5.86. The average molecular weight is 367 g/mol. The van der Waals surface area contributed by atoms with E-state index in [1.807, 2.05) is 18.2 Å². The molecule has 1 N–H and O–H groups in total. The van der Waals surface area contributed by atoms with Crippen molar-refractivity contribution in [1.82, 2.24) is 14.9 Å². The fourth-order valence-corrected chi connectivity index (χ4v) is 3.44. The van der Waals surface area contributed by atoms with Gasteiger partial charge < -0.3 is 19.4 Å². The molecule has 2 aromatic rings. The Morgan fingerprint density at radius 2 is 2.00 bits per heavy atom. The molecule has 0 amide bonds. The summed E-state index contributed by atoms with van der Waals surface area (Å²) in [5, 5.41) is 3.39. The van der Waals surface area contributed by atoms with Crippen molar-refractivity contribution >= 4 is 0 Å². The zero-order valence-corrected chi connectivity index (χ0v) is 14.2. The molecular weight excluding hydrogens is 347 g/mol. The molecule has 2 aliphatic heterocycles. The Morgan fingerprint density at radius 3 is 2.81 bits per heavy atom. The topological polar surface area (TPSA) is 48.3 Å². The Balaban J connectivity index is 1.31. The fraction of sp³-hybridized carbons (Fsp3) is 0.500. The van der Waals surface area contributed by atoms with Crippen LogP contribution in [0.5, 0.6) is 11.5 Å². The van der Waals surface area contributed by atoms with Gasteiger partial charge in [-0.25, -0.2) is 4.98 Å². The van der Waals surface area contributed by atoms with E-state index in [0.717, 1.165) is 36.2 Å². The number of halogens is 3. The maximum Gasteiger partial charge on any atom is 0.434 e. The highest BCUT2D eigenvalue weighted by Gasteiger charge is 2.35. The number of ether oxygens (including phenoxy) is 2. The molecule has 2 aliphatic rings. The summed E-state index contributed by atoms with van der Waals surface area (Å²) in [6.45, 7) is 3.11. The van der Waals surface area contributed by atoms with Gasteiger partial charge in [-0.3, -0.25) is 0 Å². The van der Waals surface area contributed by atoms with E-state index in [2.05, 4.69) is 10.3 Å². The molecule has 8 heteroatoms. The molecule has 140 valence electrons. The van der Waals surface area contributed by atoms with Gasteiger partial charge in [-0.1, -0.05) is 6.07 Å². The third kappa shape index (κ3) is 3.65. The predicted octanol–water partition coefficient (Wildman–Crippen LogP) is 3.03. The minimum atomic E-state index is -4.38. The molecule has 26 heavy (non-hydrogen) atoms. The van der Waals surface area contributed by atoms with E-state index in [4.69, 9.17) is 9.47 Å². The van der Waals surface area contributed by atoms with Crippen molar-refractivity contribution in [2.45, 2.75) is 32.1 Å². The van der Waals surface area contributed by atoms with Crippen molar-refractivity contribution in [2.24, 2.45) is 5.92 Å². The highest BCUT2D eigenvalue weighted by molar-refractivity contribution is 5.43. The van der Waals surface area contributed by atoms with Crippen molar-refractivity contribution in [3.8, 4) is 11.5 Å². The Hall–Kier alpha value is -2.22.